The lowest BCUT2D eigenvalue weighted by Gasteiger charge is -2.41. The van der Waals surface area contributed by atoms with Gasteiger partial charge in [-0.05, 0) is 42.5 Å². The zero-order valence-corrected chi connectivity index (χ0v) is 17.7. The summed E-state index contributed by atoms with van der Waals surface area (Å²) in [7, 11) is 0. The Morgan fingerprint density at radius 3 is 2.06 bits per heavy atom. The van der Waals surface area contributed by atoms with Gasteiger partial charge in [-0.3, -0.25) is 4.79 Å². The maximum Gasteiger partial charge on any atom is 0.275 e. The molecule has 0 atom stereocenters. The molecule has 0 bridgehead atoms. The van der Waals surface area contributed by atoms with Crippen molar-refractivity contribution >= 4 is 12.1 Å². The van der Waals surface area contributed by atoms with Gasteiger partial charge < -0.3 is 20.1 Å². The summed E-state index contributed by atoms with van der Waals surface area (Å²) in [5.41, 5.74) is 1.60. The number of benzene rings is 4. The molecule has 1 amide bonds. The van der Waals surface area contributed by atoms with Crippen molar-refractivity contribution in [1.29, 1.82) is 0 Å². The van der Waals surface area contributed by atoms with Gasteiger partial charge in [0.05, 0.1) is 6.21 Å². The molecule has 7 heteroatoms. The smallest absolute Gasteiger partial charge is 0.275 e. The van der Waals surface area contributed by atoms with Crippen LogP contribution in [-0.2, 0) is 5.54 Å². The van der Waals surface area contributed by atoms with Crippen LogP contribution in [0.3, 0.4) is 0 Å². The lowest BCUT2D eigenvalue weighted by Crippen LogP contribution is -2.44. The lowest BCUT2D eigenvalue weighted by atomic mass is 9.75. The predicted molar refractivity (Wildman–Crippen MR) is 124 cm³/mol. The number of hydrogen-bond acceptors (Lipinski definition) is 6. The monoisotopic (exact) mass is 450 g/mol. The summed E-state index contributed by atoms with van der Waals surface area (Å²) in [4.78, 5) is 13.7. The van der Waals surface area contributed by atoms with Crippen LogP contribution in [0.2, 0.25) is 0 Å². The highest BCUT2D eigenvalue weighted by atomic mass is 16.5. The number of carbonyl (C=O) groups is 1. The Bertz CT molecular complexity index is 1460. The van der Waals surface area contributed by atoms with Crippen LogP contribution in [0.5, 0.6) is 28.7 Å². The average molecular weight is 450 g/mol. The Hall–Kier alpha value is -4.78. The SMILES string of the molecule is O=C1c2ccccc2C2(c3ccc(O)cc3Oc3cc(O)ccc32)N1N=Cc1ccccc1O. The number of hydrogen-bond donors (Lipinski definition) is 3. The number of phenols is 3. The molecule has 0 aromatic heterocycles. The highest BCUT2D eigenvalue weighted by Crippen LogP contribution is 2.58. The maximum absolute atomic E-state index is 13.7. The number of ether oxygens (including phenoxy) is 1. The third kappa shape index (κ3) is 2.64. The van der Waals surface area contributed by atoms with Crippen LogP contribution in [0.1, 0.15) is 32.6 Å². The number of para-hydroxylation sites is 1. The number of fused-ring (bicyclic) bond motifs is 6. The number of amides is 1. The highest BCUT2D eigenvalue weighted by Gasteiger charge is 2.57. The first-order valence-electron chi connectivity index (χ1n) is 10.6. The summed E-state index contributed by atoms with van der Waals surface area (Å²) in [5, 5.41) is 36.5. The van der Waals surface area contributed by atoms with E-state index in [9.17, 15) is 20.1 Å². The van der Waals surface area contributed by atoms with Crippen molar-refractivity contribution in [1.82, 2.24) is 5.01 Å². The van der Waals surface area contributed by atoms with Crippen molar-refractivity contribution in [3.05, 3.63) is 113 Å². The summed E-state index contributed by atoms with van der Waals surface area (Å²) >= 11 is 0. The van der Waals surface area contributed by atoms with E-state index >= 15 is 0 Å². The topological polar surface area (TPSA) is 103 Å². The number of aromatic hydroxyl groups is 3. The molecule has 1 spiro atoms. The van der Waals surface area contributed by atoms with E-state index in [1.165, 1.54) is 35.5 Å². The first kappa shape index (κ1) is 19.9. The normalized spacial score (nSPS) is 15.2. The molecule has 0 saturated heterocycles. The molecule has 3 N–H and O–H groups in total. The third-order valence-corrected chi connectivity index (χ3v) is 6.24. The van der Waals surface area contributed by atoms with Gasteiger partial charge in [0.1, 0.15) is 34.3 Å². The van der Waals surface area contributed by atoms with E-state index in [0.29, 0.717) is 39.3 Å². The molecule has 7 nitrogen and oxygen atoms in total. The van der Waals surface area contributed by atoms with Gasteiger partial charge in [-0.25, -0.2) is 5.01 Å². The van der Waals surface area contributed by atoms with Gasteiger partial charge in [-0.2, -0.15) is 5.10 Å². The van der Waals surface area contributed by atoms with Crippen LogP contribution < -0.4 is 4.74 Å². The molecular formula is C27H18N2O5. The van der Waals surface area contributed by atoms with Gasteiger partial charge in [-0.1, -0.05) is 30.3 Å². The zero-order valence-electron chi connectivity index (χ0n) is 17.7. The third-order valence-electron chi connectivity index (χ3n) is 6.24. The molecule has 34 heavy (non-hydrogen) atoms. The quantitative estimate of drug-likeness (QED) is 0.385. The minimum Gasteiger partial charge on any atom is -0.508 e. The fourth-order valence-electron chi connectivity index (χ4n) is 4.79. The van der Waals surface area contributed by atoms with Crippen molar-refractivity contribution in [2.24, 2.45) is 5.10 Å². The number of nitrogens with zero attached hydrogens (tertiary/aromatic N) is 2. The molecule has 0 unspecified atom stereocenters. The standard InChI is InChI=1S/C27H18N2O5/c30-17-9-11-21-24(13-17)34-25-14-18(31)10-12-22(25)27(21)20-7-3-2-6-19(20)26(33)29(27)28-15-16-5-1-4-8-23(16)32/h1-15,30-32H. The molecule has 2 aliphatic rings. The van der Waals surface area contributed by atoms with Crippen LogP contribution in [0.4, 0.5) is 0 Å². The molecule has 2 aliphatic heterocycles. The zero-order chi connectivity index (χ0) is 23.4. The van der Waals surface area contributed by atoms with Crippen molar-refractivity contribution in [3.63, 3.8) is 0 Å². The molecule has 4 aromatic rings. The van der Waals surface area contributed by atoms with Crippen molar-refractivity contribution in [3.8, 4) is 28.7 Å². The molecule has 0 fully saturated rings. The summed E-state index contributed by atoms with van der Waals surface area (Å²) in [6, 6.07) is 23.4. The number of phenolic OH excluding ortho intramolecular Hbond substituents is 3. The molecular weight excluding hydrogens is 432 g/mol. The fourth-order valence-corrected chi connectivity index (χ4v) is 4.79. The van der Waals surface area contributed by atoms with Crippen molar-refractivity contribution in [2.75, 3.05) is 0 Å². The van der Waals surface area contributed by atoms with Gasteiger partial charge in [-0.15, -0.1) is 0 Å². The Morgan fingerprint density at radius 2 is 1.38 bits per heavy atom. The van der Waals surface area contributed by atoms with Gasteiger partial charge >= 0.3 is 0 Å². The second-order valence-electron chi connectivity index (χ2n) is 8.14. The largest absolute Gasteiger partial charge is 0.508 e. The van der Waals surface area contributed by atoms with Gasteiger partial charge in [0.2, 0.25) is 0 Å². The van der Waals surface area contributed by atoms with E-state index in [1.807, 2.05) is 12.1 Å². The number of hydrazone groups is 1. The van der Waals surface area contributed by atoms with Crippen molar-refractivity contribution in [2.45, 2.75) is 5.54 Å². The predicted octanol–water partition coefficient (Wildman–Crippen LogP) is 4.69. The molecule has 2 heterocycles. The lowest BCUT2D eigenvalue weighted by molar-refractivity contribution is 0.0675. The number of carbonyl (C=O) groups excluding carboxylic acids is 1. The molecule has 6 rings (SSSR count). The molecule has 166 valence electrons. The van der Waals surface area contributed by atoms with Crippen LogP contribution in [0.25, 0.3) is 0 Å². The minimum absolute atomic E-state index is 0.000583. The Balaban J connectivity index is 1.69. The molecule has 0 radical (unpaired) electrons. The van der Waals surface area contributed by atoms with Gasteiger partial charge in [0.15, 0.2) is 0 Å². The van der Waals surface area contributed by atoms with Gasteiger partial charge in [0.25, 0.3) is 5.91 Å². The maximum atomic E-state index is 13.7. The Morgan fingerprint density at radius 1 is 0.765 bits per heavy atom. The first-order chi connectivity index (χ1) is 16.5. The summed E-state index contributed by atoms with van der Waals surface area (Å²) in [6.07, 6.45) is 1.44. The minimum atomic E-state index is -1.22. The van der Waals surface area contributed by atoms with E-state index in [0.717, 1.165) is 0 Å². The van der Waals surface area contributed by atoms with Crippen LogP contribution in [-0.4, -0.2) is 32.5 Å². The van der Waals surface area contributed by atoms with Gasteiger partial charge in [0, 0.05) is 39.9 Å². The Labute approximate surface area is 194 Å². The van der Waals surface area contributed by atoms with Crippen LogP contribution in [0, 0.1) is 0 Å². The highest BCUT2D eigenvalue weighted by molar-refractivity contribution is 6.03. The molecule has 0 aliphatic carbocycles. The van der Waals surface area contributed by atoms with E-state index < -0.39 is 5.54 Å². The summed E-state index contributed by atoms with van der Waals surface area (Å²) < 4.78 is 6.06. The summed E-state index contributed by atoms with van der Waals surface area (Å²) in [5.74, 6) is 0.378. The van der Waals surface area contributed by atoms with E-state index in [-0.39, 0.29) is 23.2 Å². The summed E-state index contributed by atoms with van der Waals surface area (Å²) in [6.45, 7) is 0. The Kier molecular flexibility index (Phi) is 4.16. The number of rotatable bonds is 2. The second-order valence-corrected chi connectivity index (χ2v) is 8.14. The molecule has 4 aromatic carbocycles. The second kappa shape index (κ2) is 7.11. The van der Waals surface area contributed by atoms with Crippen molar-refractivity contribution < 1.29 is 24.9 Å². The van der Waals surface area contributed by atoms with Crippen LogP contribution in [0.15, 0.2) is 90.0 Å². The molecule has 0 saturated carbocycles. The average Bonchev–Trinajstić information content (AvgIpc) is 3.07. The van der Waals surface area contributed by atoms with E-state index in [2.05, 4.69) is 5.10 Å². The van der Waals surface area contributed by atoms with E-state index in [4.69, 9.17) is 4.74 Å². The first-order valence-corrected chi connectivity index (χ1v) is 10.6. The van der Waals surface area contributed by atoms with E-state index in [1.54, 1.807) is 48.5 Å². The van der Waals surface area contributed by atoms with Crippen LogP contribution >= 0.6 is 0 Å². The fraction of sp³-hybridized carbons (Fsp3) is 0.0370.